The average Bonchev–Trinajstić information content (AvgIpc) is 2.78. The maximum Gasteiger partial charge on any atom is 0.271 e. The third-order valence-electron chi connectivity index (χ3n) is 2.07. The maximum atomic E-state index is 11.3. The van der Waals surface area contributed by atoms with E-state index in [9.17, 15) is 4.79 Å². The second-order valence-corrected chi connectivity index (χ2v) is 3.06. The Morgan fingerprint density at radius 2 is 2.00 bits per heavy atom. The Labute approximate surface area is 87.5 Å². The molecule has 4 nitrogen and oxygen atoms in total. The minimum absolute atomic E-state index is 0.176. The number of nitrogens with zero attached hydrogens (tertiary/aromatic N) is 2. The Kier molecular flexibility index (Phi) is 2.49. The lowest BCUT2D eigenvalue weighted by atomic mass is 10.3. The summed E-state index contributed by atoms with van der Waals surface area (Å²) < 4.78 is 1.67. The quantitative estimate of drug-likeness (QED) is 0.794. The predicted molar refractivity (Wildman–Crippen MR) is 57.0 cm³/mol. The molecule has 15 heavy (non-hydrogen) atoms. The van der Waals surface area contributed by atoms with Crippen molar-refractivity contribution in [2.75, 3.05) is 7.05 Å². The van der Waals surface area contributed by atoms with Crippen LogP contribution in [0.3, 0.4) is 0 Å². The van der Waals surface area contributed by atoms with Gasteiger partial charge in [-0.3, -0.25) is 4.79 Å². The first-order valence-corrected chi connectivity index (χ1v) is 4.64. The molecule has 0 spiro atoms. The van der Waals surface area contributed by atoms with E-state index in [1.54, 1.807) is 24.0 Å². The van der Waals surface area contributed by atoms with Crippen LogP contribution in [0.1, 0.15) is 10.5 Å². The lowest BCUT2D eigenvalue weighted by Gasteiger charge is -1.99. The van der Waals surface area contributed by atoms with Gasteiger partial charge >= 0.3 is 0 Å². The maximum absolute atomic E-state index is 11.3. The van der Waals surface area contributed by atoms with Gasteiger partial charge in [-0.15, -0.1) is 0 Å². The molecule has 0 bridgehead atoms. The van der Waals surface area contributed by atoms with Crippen molar-refractivity contribution in [3.05, 3.63) is 48.3 Å². The van der Waals surface area contributed by atoms with E-state index in [0.717, 1.165) is 5.69 Å². The summed E-state index contributed by atoms with van der Waals surface area (Å²) in [4.78, 5) is 11.3. The molecule has 0 aliphatic carbocycles. The molecule has 1 aromatic carbocycles. The van der Waals surface area contributed by atoms with Crippen LogP contribution in [0.5, 0.6) is 0 Å². The highest BCUT2D eigenvalue weighted by atomic mass is 16.1. The van der Waals surface area contributed by atoms with Gasteiger partial charge < -0.3 is 5.32 Å². The zero-order valence-electron chi connectivity index (χ0n) is 8.34. The number of nitrogens with one attached hydrogen (secondary N) is 1. The molecule has 2 rings (SSSR count). The molecule has 4 heteroatoms. The van der Waals surface area contributed by atoms with Crippen molar-refractivity contribution in [3.63, 3.8) is 0 Å². The van der Waals surface area contributed by atoms with Crippen LogP contribution in [0, 0.1) is 0 Å². The third kappa shape index (κ3) is 1.88. The first kappa shape index (κ1) is 9.45. The van der Waals surface area contributed by atoms with Gasteiger partial charge in [0.2, 0.25) is 0 Å². The van der Waals surface area contributed by atoms with Gasteiger partial charge in [-0.25, -0.2) is 4.68 Å². The molecular formula is C11H11N3O. The Morgan fingerprint density at radius 3 is 2.67 bits per heavy atom. The Morgan fingerprint density at radius 1 is 1.27 bits per heavy atom. The van der Waals surface area contributed by atoms with E-state index < -0.39 is 0 Å². The predicted octanol–water partition coefficient (Wildman–Crippen LogP) is 1.23. The fourth-order valence-electron chi connectivity index (χ4n) is 1.30. The van der Waals surface area contributed by atoms with Gasteiger partial charge in [0.25, 0.3) is 5.91 Å². The molecule has 1 amide bonds. The molecule has 1 aromatic heterocycles. The van der Waals surface area contributed by atoms with E-state index in [0.29, 0.717) is 5.69 Å². The Hall–Kier alpha value is -2.10. The van der Waals surface area contributed by atoms with Crippen LogP contribution >= 0.6 is 0 Å². The molecule has 0 unspecified atom stereocenters. The topological polar surface area (TPSA) is 46.9 Å². The zero-order chi connectivity index (χ0) is 10.7. The van der Waals surface area contributed by atoms with Crippen LogP contribution in [0.15, 0.2) is 42.6 Å². The number of benzene rings is 1. The van der Waals surface area contributed by atoms with Crippen LogP contribution < -0.4 is 5.32 Å². The number of aromatic nitrogens is 2. The van der Waals surface area contributed by atoms with Crippen molar-refractivity contribution < 1.29 is 4.79 Å². The highest BCUT2D eigenvalue weighted by molar-refractivity contribution is 5.91. The van der Waals surface area contributed by atoms with Gasteiger partial charge in [0.15, 0.2) is 5.69 Å². The van der Waals surface area contributed by atoms with Crippen molar-refractivity contribution in [2.45, 2.75) is 0 Å². The van der Waals surface area contributed by atoms with E-state index in [4.69, 9.17) is 0 Å². The molecule has 0 radical (unpaired) electrons. The molecule has 0 atom stereocenters. The summed E-state index contributed by atoms with van der Waals surface area (Å²) in [5.74, 6) is -0.176. The smallest absolute Gasteiger partial charge is 0.271 e. The summed E-state index contributed by atoms with van der Waals surface area (Å²) in [6.45, 7) is 0. The summed E-state index contributed by atoms with van der Waals surface area (Å²) in [6.07, 6.45) is 1.76. The summed E-state index contributed by atoms with van der Waals surface area (Å²) in [7, 11) is 1.59. The van der Waals surface area contributed by atoms with E-state index in [1.165, 1.54) is 0 Å². The van der Waals surface area contributed by atoms with E-state index in [2.05, 4.69) is 10.4 Å². The molecule has 1 N–H and O–H groups in total. The van der Waals surface area contributed by atoms with E-state index in [-0.39, 0.29) is 5.91 Å². The second-order valence-electron chi connectivity index (χ2n) is 3.06. The van der Waals surface area contributed by atoms with Crippen LogP contribution in [0.25, 0.3) is 5.69 Å². The monoisotopic (exact) mass is 201 g/mol. The Bertz CT molecular complexity index is 462. The third-order valence-corrected chi connectivity index (χ3v) is 2.07. The standard InChI is InChI=1S/C11H11N3O/c1-12-11(15)10-7-8-14(13-10)9-5-3-2-4-6-9/h2-8H,1H3,(H,12,15). The van der Waals surface area contributed by atoms with Crippen molar-refractivity contribution in [1.29, 1.82) is 0 Å². The normalized spacial score (nSPS) is 9.93. The first-order valence-electron chi connectivity index (χ1n) is 4.64. The minimum atomic E-state index is -0.176. The van der Waals surface area contributed by atoms with Gasteiger partial charge in [-0.2, -0.15) is 5.10 Å². The average molecular weight is 201 g/mol. The molecule has 0 aliphatic heterocycles. The first-order chi connectivity index (χ1) is 7.31. The van der Waals surface area contributed by atoms with Gasteiger partial charge in [-0.05, 0) is 18.2 Å². The molecular weight excluding hydrogens is 190 g/mol. The highest BCUT2D eigenvalue weighted by Gasteiger charge is 2.07. The fraction of sp³-hybridized carbons (Fsp3) is 0.0909. The number of hydrogen-bond acceptors (Lipinski definition) is 2. The number of carbonyl (C=O) groups excluding carboxylic acids is 1. The van der Waals surface area contributed by atoms with Crippen LogP contribution in [0.4, 0.5) is 0 Å². The highest BCUT2D eigenvalue weighted by Crippen LogP contribution is 2.06. The minimum Gasteiger partial charge on any atom is -0.354 e. The molecule has 2 aromatic rings. The molecule has 0 fully saturated rings. The summed E-state index contributed by atoms with van der Waals surface area (Å²) in [5, 5.41) is 6.69. The summed E-state index contributed by atoms with van der Waals surface area (Å²) in [6, 6.07) is 11.3. The van der Waals surface area contributed by atoms with Gasteiger partial charge in [0.1, 0.15) is 0 Å². The number of hydrogen-bond donors (Lipinski definition) is 1. The summed E-state index contributed by atoms with van der Waals surface area (Å²) >= 11 is 0. The molecule has 76 valence electrons. The SMILES string of the molecule is CNC(=O)c1ccn(-c2ccccc2)n1. The Balaban J connectivity index is 2.32. The lowest BCUT2D eigenvalue weighted by molar-refractivity contribution is 0.0958. The van der Waals surface area contributed by atoms with Crippen LogP contribution in [-0.2, 0) is 0 Å². The zero-order valence-corrected chi connectivity index (χ0v) is 8.34. The van der Waals surface area contributed by atoms with Crippen molar-refractivity contribution in [2.24, 2.45) is 0 Å². The van der Waals surface area contributed by atoms with E-state index >= 15 is 0 Å². The summed E-state index contributed by atoms with van der Waals surface area (Å²) in [5.41, 5.74) is 1.36. The largest absolute Gasteiger partial charge is 0.354 e. The van der Waals surface area contributed by atoms with Crippen molar-refractivity contribution in [1.82, 2.24) is 15.1 Å². The number of rotatable bonds is 2. The van der Waals surface area contributed by atoms with Gasteiger partial charge in [0.05, 0.1) is 5.69 Å². The number of amides is 1. The molecule has 0 saturated heterocycles. The number of carbonyl (C=O) groups is 1. The fourth-order valence-corrected chi connectivity index (χ4v) is 1.30. The van der Waals surface area contributed by atoms with Crippen LogP contribution in [-0.4, -0.2) is 22.7 Å². The van der Waals surface area contributed by atoms with Crippen molar-refractivity contribution in [3.8, 4) is 5.69 Å². The number of para-hydroxylation sites is 1. The van der Waals surface area contributed by atoms with Crippen molar-refractivity contribution >= 4 is 5.91 Å². The van der Waals surface area contributed by atoms with Gasteiger partial charge in [-0.1, -0.05) is 18.2 Å². The molecule has 0 saturated carbocycles. The van der Waals surface area contributed by atoms with Crippen LogP contribution in [0.2, 0.25) is 0 Å². The van der Waals surface area contributed by atoms with Gasteiger partial charge in [0, 0.05) is 13.2 Å². The second kappa shape index (κ2) is 3.96. The lowest BCUT2D eigenvalue weighted by Crippen LogP contribution is -2.18. The molecule has 0 aliphatic rings. The van der Waals surface area contributed by atoms with E-state index in [1.807, 2.05) is 30.3 Å². The molecule has 1 heterocycles.